The third-order valence-corrected chi connectivity index (χ3v) is 4.43. The zero-order valence-electron chi connectivity index (χ0n) is 11.7. The summed E-state index contributed by atoms with van der Waals surface area (Å²) in [5, 5.41) is 11.2. The summed E-state index contributed by atoms with van der Waals surface area (Å²) >= 11 is 12.1. The molecular formula is C15H21Cl2NO2. The van der Waals surface area contributed by atoms with Gasteiger partial charge in [-0.1, -0.05) is 35.3 Å². The minimum Gasteiger partial charge on any atom is -0.388 e. The van der Waals surface area contributed by atoms with E-state index in [9.17, 15) is 5.11 Å². The maximum Gasteiger partial charge on any atom is 0.0817 e. The Bertz CT molecular complexity index is 442. The van der Waals surface area contributed by atoms with E-state index >= 15 is 0 Å². The molecule has 20 heavy (non-hydrogen) atoms. The summed E-state index contributed by atoms with van der Waals surface area (Å²) < 4.78 is 5.62. The van der Waals surface area contributed by atoms with Crippen LogP contribution in [0.2, 0.25) is 10.0 Å². The van der Waals surface area contributed by atoms with Crippen molar-refractivity contribution in [1.82, 2.24) is 4.90 Å². The molecule has 112 valence electrons. The monoisotopic (exact) mass is 317 g/mol. The van der Waals surface area contributed by atoms with Crippen LogP contribution in [0.5, 0.6) is 0 Å². The van der Waals surface area contributed by atoms with E-state index in [1.807, 2.05) is 12.1 Å². The lowest BCUT2D eigenvalue weighted by Gasteiger charge is -2.23. The lowest BCUT2D eigenvalue weighted by atomic mass is 10.1. The van der Waals surface area contributed by atoms with Crippen LogP contribution in [0.15, 0.2) is 18.2 Å². The lowest BCUT2D eigenvalue weighted by molar-refractivity contribution is 0.0644. The van der Waals surface area contributed by atoms with Crippen molar-refractivity contribution in [3.8, 4) is 0 Å². The molecule has 0 radical (unpaired) electrons. The van der Waals surface area contributed by atoms with Crippen LogP contribution in [0.1, 0.15) is 31.4 Å². The number of aliphatic hydroxyl groups excluding tert-OH is 1. The fourth-order valence-corrected chi connectivity index (χ4v) is 2.96. The van der Waals surface area contributed by atoms with Crippen molar-refractivity contribution in [2.45, 2.75) is 32.0 Å². The van der Waals surface area contributed by atoms with E-state index in [-0.39, 0.29) is 6.10 Å². The van der Waals surface area contributed by atoms with Crippen LogP contribution in [-0.2, 0) is 4.74 Å². The largest absolute Gasteiger partial charge is 0.388 e. The van der Waals surface area contributed by atoms with Gasteiger partial charge < -0.3 is 14.7 Å². The summed E-state index contributed by atoms with van der Waals surface area (Å²) in [7, 11) is 0. The second kappa shape index (κ2) is 7.62. The number of aliphatic hydroxyl groups is 1. The van der Waals surface area contributed by atoms with Gasteiger partial charge in [0.25, 0.3) is 0 Å². The molecule has 0 spiro atoms. The summed E-state index contributed by atoms with van der Waals surface area (Å²) in [5.41, 5.74) is 0.707. The van der Waals surface area contributed by atoms with Crippen molar-refractivity contribution in [2.75, 3.05) is 26.2 Å². The van der Waals surface area contributed by atoms with Gasteiger partial charge in [0.15, 0.2) is 0 Å². The molecule has 2 atom stereocenters. The van der Waals surface area contributed by atoms with Gasteiger partial charge >= 0.3 is 0 Å². The minimum atomic E-state index is -0.583. The molecular weight excluding hydrogens is 297 g/mol. The molecule has 1 aliphatic rings. The number of hydrogen-bond acceptors (Lipinski definition) is 3. The second-order valence-electron chi connectivity index (χ2n) is 5.28. The first-order valence-electron chi connectivity index (χ1n) is 7.04. The maximum absolute atomic E-state index is 10.3. The molecule has 1 aromatic rings. The highest BCUT2D eigenvalue weighted by Gasteiger charge is 2.18. The highest BCUT2D eigenvalue weighted by atomic mass is 35.5. The third-order valence-electron chi connectivity index (χ3n) is 3.60. The van der Waals surface area contributed by atoms with Gasteiger partial charge in [0.05, 0.1) is 22.3 Å². The molecule has 1 heterocycles. The molecule has 1 saturated heterocycles. The quantitative estimate of drug-likeness (QED) is 0.922. The summed E-state index contributed by atoms with van der Waals surface area (Å²) in [6.07, 6.45) is 1.36. The Balaban J connectivity index is 1.91. The van der Waals surface area contributed by atoms with Crippen molar-refractivity contribution in [2.24, 2.45) is 0 Å². The van der Waals surface area contributed by atoms with Crippen molar-refractivity contribution in [3.63, 3.8) is 0 Å². The summed E-state index contributed by atoms with van der Waals surface area (Å²) in [6, 6.07) is 5.37. The van der Waals surface area contributed by atoms with Gasteiger partial charge in [0.2, 0.25) is 0 Å². The van der Waals surface area contributed by atoms with Crippen LogP contribution < -0.4 is 0 Å². The van der Waals surface area contributed by atoms with E-state index in [2.05, 4.69) is 11.8 Å². The molecule has 5 heteroatoms. The molecule has 1 N–H and O–H groups in total. The second-order valence-corrected chi connectivity index (χ2v) is 6.07. The number of ether oxygens (including phenoxy) is 1. The van der Waals surface area contributed by atoms with Crippen LogP contribution in [-0.4, -0.2) is 42.4 Å². The van der Waals surface area contributed by atoms with Crippen LogP contribution in [0.25, 0.3) is 0 Å². The van der Waals surface area contributed by atoms with Crippen LogP contribution in [0, 0.1) is 0 Å². The molecule has 0 amide bonds. The first-order chi connectivity index (χ1) is 9.58. The number of hydrogen-bond donors (Lipinski definition) is 1. The van der Waals surface area contributed by atoms with Gasteiger partial charge in [-0.3, -0.25) is 0 Å². The molecule has 2 rings (SSSR count). The van der Waals surface area contributed by atoms with E-state index in [1.165, 1.54) is 0 Å². The minimum absolute atomic E-state index is 0.254. The molecule has 1 aliphatic heterocycles. The molecule has 2 unspecified atom stereocenters. The Kier molecular flexibility index (Phi) is 6.12. The normalized spacial score (nSPS) is 22.5. The topological polar surface area (TPSA) is 32.7 Å². The van der Waals surface area contributed by atoms with Crippen LogP contribution in [0.4, 0.5) is 0 Å². The average molecular weight is 318 g/mol. The number of nitrogens with zero attached hydrogens (tertiary/aromatic N) is 1. The van der Waals surface area contributed by atoms with E-state index in [1.54, 1.807) is 6.07 Å². The molecule has 3 nitrogen and oxygen atoms in total. The summed E-state index contributed by atoms with van der Waals surface area (Å²) in [6.45, 7) is 5.66. The van der Waals surface area contributed by atoms with E-state index in [0.717, 1.165) is 32.7 Å². The predicted molar refractivity (Wildman–Crippen MR) is 82.5 cm³/mol. The zero-order valence-corrected chi connectivity index (χ0v) is 13.2. The Hall–Kier alpha value is -0.320. The van der Waals surface area contributed by atoms with Crippen LogP contribution in [0.3, 0.4) is 0 Å². The standard InChI is InChI=1S/C15H21Cl2NO2/c1-11-10-18(7-3-9-20-11)8-6-14(19)12-4-2-5-13(16)15(12)17/h2,4-5,11,14,19H,3,6-10H2,1H3. The Morgan fingerprint density at radius 1 is 1.45 bits per heavy atom. The lowest BCUT2D eigenvalue weighted by Crippen LogP contribution is -2.31. The van der Waals surface area contributed by atoms with E-state index < -0.39 is 6.10 Å². The van der Waals surface area contributed by atoms with E-state index in [0.29, 0.717) is 22.0 Å². The summed E-state index contributed by atoms with van der Waals surface area (Å²) in [5.74, 6) is 0. The Morgan fingerprint density at radius 2 is 2.25 bits per heavy atom. The number of rotatable bonds is 4. The van der Waals surface area contributed by atoms with Gasteiger partial charge in [-0.15, -0.1) is 0 Å². The fourth-order valence-electron chi connectivity index (χ4n) is 2.52. The Morgan fingerprint density at radius 3 is 3.05 bits per heavy atom. The zero-order chi connectivity index (χ0) is 14.5. The Labute approximate surface area is 130 Å². The van der Waals surface area contributed by atoms with Gasteiger partial charge in [0, 0.05) is 31.8 Å². The van der Waals surface area contributed by atoms with Crippen LogP contribution >= 0.6 is 23.2 Å². The highest BCUT2D eigenvalue weighted by Crippen LogP contribution is 2.31. The highest BCUT2D eigenvalue weighted by molar-refractivity contribution is 6.42. The molecule has 0 aromatic heterocycles. The van der Waals surface area contributed by atoms with Gasteiger partial charge in [-0.05, 0) is 25.8 Å². The molecule has 0 aliphatic carbocycles. The van der Waals surface area contributed by atoms with Gasteiger partial charge in [0.1, 0.15) is 0 Å². The van der Waals surface area contributed by atoms with E-state index in [4.69, 9.17) is 27.9 Å². The predicted octanol–water partition coefficient (Wildman–Crippen LogP) is 3.53. The first-order valence-corrected chi connectivity index (χ1v) is 7.79. The number of benzene rings is 1. The molecule has 0 bridgehead atoms. The third kappa shape index (κ3) is 4.34. The SMILES string of the molecule is CC1CN(CCC(O)c2cccc(Cl)c2Cl)CCCO1. The summed E-state index contributed by atoms with van der Waals surface area (Å²) in [4.78, 5) is 2.33. The van der Waals surface area contributed by atoms with Crippen molar-refractivity contribution in [3.05, 3.63) is 33.8 Å². The maximum atomic E-state index is 10.3. The van der Waals surface area contributed by atoms with Crippen molar-refractivity contribution >= 4 is 23.2 Å². The van der Waals surface area contributed by atoms with Gasteiger partial charge in [-0.25, -0.2) is 0 Å². The number of halogens is 2. The van der Waals surface area contributed by atoms with Crippen molar-refractivity contribution in [1.29, 1.82) is 0 Å². The fraction of sp³-hybridized carbons (Fsp3) is 0.600. The molecule has 1 fully saturated rings. The average Bonchev–Trinajstić information content (AvgIpc) is 2.63. The van der Waals surface area contributed by atoms with Gasteiger partial charge in [-0.2, -0.15) is 0 Å². The smallest absolute Gasteiger partial charge is 0.0817 e. The molecule has 0 saturated carbocycles. The molecule has 1 aromatic carbocycles. The first kappa shape index (κ1) is 16.1. The van der Waals surface area contributed by atoms with Crippen molar-refractivity contribution < 1.29 is 9.84 Å².